The van der Waals surface area contributed by atoms with Crippen molar-refractivity contribution in [2.75, 3.05) is 7.11 Å². The van der Waals surface area contributed by atoms with Crippen LogP contribution in [0.2, 0.25) is 0 Å². The monoisotopic (exact) mass is 330 g/mol. The molecule has 3 nitrogen and oxygen atoms in total. The number of hydrogen-bond acceptors (Lipinski definition) is 3. The molecule has 0 aromatic rings. The predicted octanol–water partition coefficient (Wildman–Crippen LogP) is 4.33. The van der Waals surface area contributed by atoms with E-state index in [2.05, 4.69) is 33.8 Å². The van der Waals surface area contributed by atoms with Crippen LogP contribution in [0.3, 0.4) is 0 Å². The van der Waals surface area contributed by atoms with Gasteiger partial charge in [0.1, 0.15) is 0 Å². The maximum absolute atomic E-state index is 13.6. The molecule has 3 rings (SSSR count). The number of ether oxygens (including phenoxy) is 1. The van der Waals surface area contributed by atoms with Crippen LogP contribution in [0.4, 0.5) is 0 Å². The Hall–Kier alpha value is -1.38. The number of ketones is 2. The molecule has 0 aliphatic heterocycles. The Morgan fingerprint density at radius 1 is 1.17 bits per heavy atom. The van der Waals surface area contributed by atoms with Crippen LogP contribution >= 0.6 is 0 Å². The van der Waals surface area contributed by atoms with Crippen LogP contribution in [-0.2, 0) is 14.3 Å². The highest BCUT2D eigenvalue weighted by Crippen LogP contribution is 2.65. The van der Waals surface area contributed by atoms with Crippen molar-refractivity contribution in [2.24, 2.45) is 35.0 Å². The lowest BCUT2D eigenvalue weighted by Gasteiger charge is -2.52. The van der Waals surface area contributed by atoms with Crippen LogP contribution in [0.1, 0.15) is 53.9 Å². The molecule has 3 aliphatic rings. The van der Waals surface area contributed by atoms with Crippen molar-refractivity contribution in [3.8, 4) is 0 Å². The number of carbonyl (C=O) groups excluding carboxylic acids is 2. The molecule has 0 radical (unpaired) electrons. The minimum atomic E-state index is -0.544. The Kier molecular flexibility index (Phi) is 4.26. The molecule has 3 heteroatoms. The number of carbonyl (C=O) groups is 2. The van der Waals surface area contributed by atoms with Crippen molar-refractivity contribution in [1.29, 1.82) is 0 Å². The van der Waals surface area contributed by atoms with Crippen molar-refractivity contribution in [2.45, 2.75) is 53.9 Å². The number of hydrogen-bond donors (Lipinski definition) is 0. The van der Waals surface area contributed by atoms with E-state index in [0.29, 0.717) is 23.2 Å². The molecule has 24 heavy (non-hydrogen) atoms. The lowest BCUT2D eigenvalue weighted by Crippen LogP contribution is -2.58. The zero-order chi connectivity index (χ0) is 17.8. The molecule has 0 bridgehead atoms. The van der Waals surface area contributed by atoms with Gasteiger partial charge in [-0.1, -0.05) is 25.5 Å². The molecule has 6 atom stereocenters. The first kappa shape index (κ1) is 17.4. The first-order chi connectivity index (χ1) is 11.3. The van der Waals surface area contributed by atoms with Crippen molar-refractivity contribution in [3.05, 3.63) is 23.0 Å². The maximum Gasteiger partial charge on any atom is 0.202 e. The molecule has 0 aromatic carbocycles. The summed E-state index contributed by atoms with van der Waals surface area (Å²) in [4.78, 5) is 26.9. The minimum absolute atomic E-state index is 0.0630. The average molecular weight is 330 g/mol. The number of Topliss-reactive ketones (excluding diaryl/α,β-unsaturated/α-hetero) is 2. The van der Waals surface area contributed by atoms with E-state index in [9.17, 15) is 9.59 Å². The molecule has 2 saturated carbocycles. The fourth-order valence-corrected chi connectivity index (χ4v) is 6.14. The zero-order valence-corrected chi connectivity index (χ0v) is 15.8. The largest absolute Gasteiger partial charge is 0.493 e. The van der Waals surface area contributed by atoms with Gasteiger partial charge < -0.3 is 4.74 Å². The summed E-state index contributed by atoms with van der Waals surface area (Å²) in [6.07, 6.45) is 5.35. The van der Waals surface area contributed by atoms with Gasteiger partial charge >= 0.3 is 0 Å². The summed E-state index contributed by atoms with van der Waals surface area (Å²) in [7, 11) is 1.51. The van der Waals surface area contributed by atoms with Crippen LogP contribution < -0.4 is 0 Å². The average Bonchev–Trinajstić information content (AvgIpc) is 2.77. The van der Waals surface area contributed by atoms with E-state index in [-0.39, 0.29) is 29.3 Å². The molecule has 1 spiro atoms. The second-order valence-corrected chi connectivity index (χ2v) is 8.49. The highest BCUT2D eigenvalue weighted by molar-refractivity contribution is 6.15. The molecule has 2 fully saturated rings. The molecular weight excluding hydrogens is 300 g/mol. The van der Waals surface area contributed by atoms with Crippen molar-refractivity contribution in [3.63, 3.8) is 0 Å². The first-order valence-electron chi connectivity index (χ1n) is 9.25. The summed E-state index contributed by atoms with van der Waals surface area (Å²) in [6, 6.07) is 0. The van der Waals surface area contributed by atoms with E-state index in [1.54, 1.807) is 6.92 Å². The van der Waals surface area contributed by atoms with Gasteiger partial charge in [0, 0.05) is 11.5 Å². The van der Waals surface area contributed by atoms with E-state index in [1.807, 2.05) is 0 Å². The van der Waals surface area contributed by atoms with E-state index in [0.717, 1.165) is 19.3 Å². The smallest absolute Gasteiger partial charge is 0.202 e. The quantitative estimate of drug-likeness (QED) is 0.708. The van der Waals surface area contributed by atoms with E-state index in [4.69, 9.17) is 4.74 Å². The van der Waals surface area contributed by atoms with Gasteiger partial charge in [-0.3, -0.25) is 9.59 Å². The molecule has 0 aromatic heterocycles. The van der Waals surface area contributed by atoms with Gasteiger partial charge in [0.05, 0.1) is 12.5 Å². The Morgan fingerprint density at radius 2 is 1.83 bits per heavy atom. The molecule has 3 aliphatic carbocycles. The molecule has 0 unspecified atom stereocenters. The standard InChI is InChI=1S/C21H30O3/c1-11(2)9-15-10-13(4)16-8-7-12(3)17-18(22)19(24-6)14(5)20(23)21(15,16)17/h9,12-13,15-17H,7-8,10H2,1-6H3/t12-,13-,15+,16+,17-,21+/m0/s1. The molecule has 0 N–H and O–H groups in total. The Bertz CT molecular complexity index is 637. The van der Waals surface area contributed by atoms with Crippen molar-refractivity contribution >= 4 is 11.6 Å². The summed E-state index contributed by atoms with van der Waals surface area (Å²) < 4.78 is 5.37. The molecular formula is C21H30O3. The van der Waals surface area contributed by atoms with E-state index in [1.165, 1.54) is 12.7 Å². The fourth-order valence-electron chi connectivity index (χ4n) is 6.14. The highest BCUT2D eigenvalue weighted by Gasteiger charge is 2.67. The van der Waals surface area contributed by atoms with Gasteiger partial charge in [-0.05, 0) is 63.7 Å². The number of methoxy groups -OCH3 is 1. The van der Waals surface area contributed by atoms with E-state index >= 15 is 0 Å². The Balaban J connectivity index is 2.27. The molecule has 0 amide bonds. The summed E-state index contributed by atoms with van der Waals surface area (Å²) in [5, 5.41) is 0. The Morgan fingerprint density at radius 3 is 2.42 bits per heavy atom. The normalized spacial score (nSPS) is 41.8. The van der Waals surface area contributed by atoms with Gasteiger partial charge in [-0.2, -0.15) is 0 Å². The fraction of sp³-hybridized carbons (Fsp3) is 0.714. The highest BCUT2D eigenvalue weighted by atomic mass is 16.5. The topological polar surface area (TPSA) is 43.4 Å². The lowest BCUT2D eigenvalue weighted by molar-refractivity contribution is -0.153. The predicted molar refractivity (Wildman–Crippen MR) is 94.2 cm³/mol. The minimum Gasteiger partial charge on any atom is -0.493 e. The summed E-state index contributed by atoms with van der Waals surface area (Å²) in [5.41, 5.74) is 1.23. The van der Waals surface area contributed by atoms with Crippen molar-refractivity contribution in [1.82, 2.24) is 0 Å². The zero-order valence-electron chi connectivity index (χ0n) is 15.8. The third kappa shape index (κ3) is 2.09. The summed E-state index contributed by atoms with van der Waals surface area (Å²) in [6.45, 7) is 10.4. The van der Waals surface area contributed by atoms with Gasteiger partial charge in [0.2, 0.25) is 5.78 Å². The molecule has 0 heterocycles. The lowest BCUT2D eigenvalue weighted by atomic mass is 9.48. The van der Waals surface area contributed by atoms with Gasteiger partial charge in [-0.15, -0.1) is 0 Å². The molecule has 132 valence electrons. The summed E-state index contributed by atoms with van der Waals surface area (Å²) in [5.74, 6) is 1.50. The second kappa shape index (κ2) is 5.86. The van der Waals surface area contributed by atoms with Crippen LogP contribution in [0.25, 0.3) is 0 Å². The van der Waals surface area contributed by atoms with Crippen LogP contribution in [0.15, 0.2) is 23.0 Å². The number of allylic oxidation sites excluding steroid dienone is 4. The van der Waals surface area contributed by atoms with Crippen LogP contribution in [0, 0.1) is 35.0 Å². The summed E-state index contributed by atoms with van der Waals surface area (Å²) >= 11 is 0. The molecule has 0 saturated heterocycles. The van der Waals surface area contributed by atoms with Crippen LogP contribution in [-0.4, -0.2) is 18.7 Å². The third-order valence-corrected chi connectivity index (χ3v) is 6.88. The van der Waals surface area contributed by atoms with E-state index < -0.39 is 5.41 Å². The van der Waals surface area contributed by atoms with Gasteiger partial charge in [0.15, 0.2) is 11.5 Å². The maximum atomic E-state index is 13.6. The second-order valence-electron chi connectivity index (χ2n) is 8.49. The first-order valence-corrected chi connectivity index (χ1v) is 9.25. The van der Waals surface area contributed by atoms with Gasteiger partial charge in [-0.25, -0.2) is 0 Å². The Labute approximate surface area is 145 Å². The number of rotatable bonds is 2. The third-order valence-electron chi connectivity index (χ3n) is 6.88. The van der Waals surface area contributed by atoms with Gasteiger partial charge in [0.25, 0.3) is 0 Å². The van der Waals surface area contributed by atoms with Crippen molar-refractivity contribution < 1.29 is 14.3 Å². The SMILES string of the molecule is COC1=C(C)C(=O)[C@]23[C@H](C=C(C)C)C[C@H](C)[C@H]2CC[C@H](C)[C@H]3C1=O. The van der Waals surface area contributed by atoms with Crippen LogP contribution in [0.5, 0.6) is 0 Å².